The highest BCUT2D eigenvalue weighted by Crippen LogP contribution is 2.13. The minimum atomic E-state index is -0.771. The van der Waals surface area contributed by atoms with Gasteiger partial charge in [-0.3, -0.25) is 19.4 Å². The molecule has 1 fully saturated rings. The molecule has 0 aromatic carbocycles. The van der Waals surface area contributed by atoms with Crippen molar-refractivity contribution in [1.82, 2.24) is 14.8 Å². The van der Waals surface area contributed by atoms with E-state index < -0.39 is 11.9 Å². The van der Waals surface area contributed by atoms with Gasteiger partial charge in [-0.1, -0.05) is 0 Å². The second-order valence-corrected chi connectivity index (χ2v) is 4.62. The second kappa shape index (κ2) is 5.68. The molecule has 1 aromatic heterocycles. The first-order valence-corrected chi connectivity index (χ1v) is 6.26. The van der Waals surface area contributed by atoms with Crippen LogP contribution in [0.1, 0.15) is 17.3 Å². The Hall–Kier alpha value is -2.44. The summed E-state index contributed by atoms with van der Waals surface area (Å²) in [4.78, 5) is 42.0. The molecule has 2 N–H and O–H groups in total. The van der Waals surface area contributed by atoms with E-state index in [0.29, 0.717) is 18.7 Å². The third-order valence-electron chi connectivity index (χ3n) is 3.33. The van der Waals surface area contributed by atoms with Crippen LogP contribution in [0.3, 0.4) is 0 Å². The predicted octanol–water partition coefficient (Wildman–Crippen LogP) is -0.760. The zero-order chi connectivity index (χ0) is 14.7. The second-order valence-electron chi connectivity index (χ2n) is 4.62. The molecule has 1 aromatic rings. The lowest BCUT2D eigenvalue weighted by atomic mass is 10.1. The van der Waals surface area contributed by atoms with Gasteiger partial charge in [-0.2, -0.15) is 0 Å². The number of nitrogens with zero attached hydrogens (tertiary/aromatic N) is 3. The van der Waals surface area contributed by atoms with Crippen LogP contribution in [-0.4, -0.2) is 58.2 Å². The smallest absolute Gasteiger partial charge is 0.254 e. The van der Waals surface area contributed by atoms with E-state index in [-0.39, 0.29) is 18.4 Å². The maximum Gasteiger partial charge on any atom is 0.254 e. The molecular weight excluding hydrogens is 260 g/mol. The number of pyridine rings is 1. The Balaban J connectivity index is 2.15. The molecule has 1 saturated heterocycles. The molecule has 2 heterocycles. The molecule has 106 valence electrons. The van der Waals surface area contributed by atoms with Crippen LogP contribution in [0.25, 0.3) is 0 Å². The number of aromatic nitrogens is 1. The van der Waals surface area contributed by atoms with E-state index in [9.17, 15) is 14.4 Å². The van der Waals surface area contributed by atoms with Gasteiger partial charge >= 0.3 is 0 Å². The number of rotatable bonds is 2. The number of hydrogen-bond donors (Lipinski definition) is 1. The van der Waals surface area contributed by atoms with Crippen molar-refractivity contribution in [2.24, 2.45) is 5.73 Å². The van der Waals surface area contributed by atoms with Gasteiger partial charge in [0.1, 0.15) is 6.04 Å². The third kappa shape index (κ3) is 2.76. The molecule has 0 saturated carbocycles. The molecule has 1 atom stereocenters. The number of carbonyl (C=O) groups is 3. The van der Waals surface area contributed by atoms with E-state index in [2.05, 4.69) is 4.98 Å². The van der Waals surface area contributed by atoms with Crippen LogP contribution in [-0.2, 0) is 9.59 Å². The number of nitrogens with two attached hydrogens (primary N) is 1. The van der Waals surface area contributed by atoms with Crippen molar-refractivity contribution in [2.45, 2.75) is 13.0 Å². The number of amides is 3. The maximum absolute atomic E-state index is 12.3. The Bertz CT molecular complexity index is 532. The molecule has 0 unspecified atom stereocenters. The lowest BCUT2D eigenvalue weighted by Crippen LogP contribution is -2.60. The summed E-state index contributed by atoms with van der Waals surface area (Å²) in [5.74, 6) is -1.01. The molecule has 0 radical (unpaired) electrons. The fourth-order valence-corrected chi connectivity index (χ4v) is 2.26. The predicted molar refractivity (Wildman–Crippen MR) is 70.5 cm³/mol. The summed E-state index contributed by atoms with van der Waals surface area (Å²) < 4.78 is 0. The fraction of sp³-hybridized carbons (Fsp3) is 0.385. The van der Waals surface area contributed by atoms with Gasteiger partial charge in [0.15, 0.2) is 0 Å². The molecule has 0 aliphatic carbocycles. The van der Waals surface area contributed by atoms with Gasteiger partial charge in [0.05, 0.1) is 6.54 Å². The van der Waals surface area contributed by atoms with Crippen molar-refractivity contribution in [3.63, 3.8) is 0 Å². The SMILES string of the molecule is CC(=O)N1CCN(C(=O)c2ccncc2)C[C@H]1C(N)=O. The lowest BCUT2D eigenvalue weighted by Gasteiger charge is -2.39. The number of piperazine rings is 1. The van der Waals surface area contributed by atoms with Crippen LogP contribution >= 0.6 is 0 Å². The van der Waals surface area contributed by atoms with Crippen LogP contribution < -0.4 is 5.73 Å². The highest BCUT2D eigenvalue weighted by atomic mass is 16.2. The minimum Gasteiger partial charge on any atom is -0.368 e. The van der Waals surface area contributed by atoms with Crippen LogP contribution in [0.5, 0.6) is 0 Å². The van der Waals surface area contributed by atoms with E-state index in [4.69, 9.17) is 5.73 Å². The average molecular weight is 276 g/mol. The fourth-order valence-electron chi connectivity index (χ4n) is 2.26. The molecular formula is C13H16N4O3. The zero-order valence-corrected chi connectivity index (χ0v) is 11.2. The molecule has 2 rings (SSSR count). The Morgan fingerprint density at radius 2 is 1.90 bits per heavy atom. The first-order valence-electron chi connectivity index (χ1n) is 6.26. The van der Waals surface area contributed by atoms with Crippen molar-refractivity contribution in [1.29, 1.82) is 0 Å². The maximum atomic E-state index is 12.3. The van der Waals surface area contributed by atoms with Crippen LogP contribution in [0, 0.1) is 0 Å². The summed E-state index contributed by atoms with van der Waals surface area (Å²) in [6.07, 6.45) is 3.06. The quantitative estimate of drug-likeness (QED) is 0.767. The standard InChI is InChI=1S/C13H16N4O3/c1-9(18)17-7-6-16(8-11(17)12(14)19)13(20)10-2-4-15-5-3-10/h2-5,11H,6-8H2,1H3,(H2,14,19)/t11-/m0/s1. The van der Waals surface area contributed by atoms with Gasteiger partial charge in [-0.25, -0.2) is 0 Å². The summed E-state index contributed by atoms with van der Waals surface area (Å²) in [5, 5.41) is 0. The monoisotopic (exact) mass is 276 g/mol. The summed E-state index contributed by atoms with van der Waals surface area (Å²) in [7, 11) is 0. The van der Waals surface area contributed by atoms with Crippen molar-refractivity contribution in [3.8, 4) is 0 Å². The van der Waals surface area contributed by atoms with Gasteiger partial charge in [0.2, 0.25) is 11.8 Å². The molecule has 7 nitrogen and oxygen atoms in total. The topological polar surface area (TPSA) is 96.6 Å². The lowest BCUT2D eigenvalue weighted by molar-refractivity contribution is -0.140. The van der Waals surface area contributed by atoms with Gasteiger partial charge in [-0.05, 0) is 12.1 Å². The van der Waals surface area contributed by atoms with E-state index in [1.807, 2.05) is 0 Å². The molecule has 1 aliphatic rings. The van der Waals surface area contributed by atoms with Crippen LogP contribution in [0.2, 0.25) is 0 Å². The Morgan fingerprint density at radius 1 is 1.25 bits per heavy atom. The molecule has 1 aliphatic heterocycles. The Kier molecular flexibility index (Phi) is 3.97. The summed E-state index contributed by atoms with van der Waals surface area (Å²) in [6, 6.07) is 2.45. The van der Waals surface area contributed by atoms with E-state index in [1.165, 1.54) is 29.1 Å². The largest absolute Gasteiger partial charge is 0.368 e. The van der Waals surface area contributed by atoms with Crippen molar-refractivity contribution >= 4 is 17.7 Å². The Morgan fingerprint density at radius 3 is 2.45 bits per heavy atom. The van der Waals surface area contributed by atoms with Gasteiger partial charge in [0, 0.05) is 38.0 Å². The molecule has 3 amide bonds. The molecule has 20 heavy (non-hydrogen) atoms. The number of primary amides is 1. The first kappa shape index (κ1) is 14.0. The summed E-state index contributed by atoms with van der Waals surface area (Å²) in [5.41, 5.74) is 5.82. The average Bonchev–Trinajstić information content (AvgIpc) is 2.46. The Labute approximate surface area is 116 Å². The van der Waals surface area contributed by atoms with Crippen molar-refractivity contribution in [2.75, 3.05) is 19.6 Å². The van der Waals surface area contributed by atoms with E-state index >= 15 is 0 Å². The highest BCUT2D eigenvalue weighted by Gasteiger charge is 2.34. The summed E-state index contributed by atoms with van der Waals surface area (Å²) >= 11 is 0. The minimum absolute atomic E-state index is 0.121. The molecule has 0 spiro atoms. The summed E-state index contributed by atoms with van der Waals surface area (Å²) in [6.45, 7) is 2.19. The normalized spacial score (nSPS) is 18.8. The third-order valence-corrected chi connectivity index (χ3v) is 3.33. The van der Waals surface area contributed by atoms with Gasteiger partial charge in [-0.15, -0.1) is 0 Å². The van der Waals surface area contributed by atoms with Crippen LogP contribution in [0.4, 0.5) is 0 Å². The van der Waals surface area contributed by atoms with Crippen LogP contribution in [0.15, 0.2) is 24.5 Å². The molecule has 0 bridgehead atoms. The first-order chi connectivity index (χ1) is 9.50. The van der Waals surface area contributed by atoms with Gasteiger partial charge in [0.25, 0.3) is 5.91 Å². The number of carbonyl (C=O) groups excluding carboxylic acids is 3. The molecule has 7 heteroatoms. The van der Waals surface area contributed by atoms with Crippen molar-refractivity contribution < 1.29 is 14.4 Å². The number of hydrogen-bond acceptors (Lipinski definition) is 4. The highest BCUT2D eigenvalue weighted by molar-refractivity contribution is 5.95. The zero-order valence-electron chi connectivity index (χ0n) is 11.2. The van der Waals surface area contributed by atoms with E-state index in [0.717, 1.165) is 0 Å². The van der Waals surface area contributed by atoms with Gasteiger partial charge < -0.3 is 15.5 Å². The van der Waals surface area contributed by atoms with Crippen molar-refractivity contribution in [3.05, 3.63) is 30.1 Å². The van der Waals surface area contributed by atoms with E-state index in [1.54, 1.807) is 12.1 Å².